The Balaban J connectivity index is 2.70. The highest BCUT2D eigenvalue weighted by molar-refractivity contribution is 9.10. The zero-order chi connectivity index (χ0) is 13.0. The van der Waals surface area contributed by atoms with E-state index >= 15 is 0 Å². The van der Waals surface area contributed by atoms with Crippen LogP contribution in [-0.4, -0.2) is 29.6 Å². The van der Waals surface area contributed by atoms with E-state index in [1.54, 1.807) is 12.1 Å². The number of halogens is 2. The third kappa shape index (κ3) is 3.99. The SMILES string of the molecule is NC(=O)C(O)CNC(=O)c1cc(Cl)ccc1Br. The minimum atomic E-state index is -1.41. The van der Waals surface area contributed by atoms with E-state index in [4.69, 9.17) is 22.4 Å². The third-order valence-corrected chi connectivity index (χ3v) is 2.88. The monoisotopic (exact) mass is 320 g/mol. The van der Waals surface area contributed by atoms with Gasteiger partial charge in [-0.05, 0) is 34.1 Å². The van der Waals surface area contributed by atoms with Crippen LogP contribution < -0.4 is 11.1 Å². The zero-order valence-corrected chi connectivity index (χ0v) is 11.0. The molecule has 0 saturated heterocycles. The lowest BCUT2D eigenvalue weighted by Crippen LogP contribution is -2.40. The number of amides is 2. The summed E-state index contributed by atoms with van der Waals surface area (Å²) >= 11 is 8.94. The van der Waals surface area contributed by atoms with Crippen LogP contribution in [0.1, 0.15) is 10.4 Å². The Kier molecular flexibility index (Phi) is 4.92. The number of nitrogens with two attached hydrogens (primary N) is 1. The molecule has 1 atom stereocenters. The smallest absolute Gasteiger partial charge is 0.252 e. The predicted octanol–water partition coefficient (Wildman–Crippen LogP) is 0.678. The molecule has 0 aliphatic heterocycles. The molecule has 0 saturated carbocycles. The summed E-state index contributed by atoms with van der Waals surface area (Å²) < 4.78 is 0.563. The van der Waals surface area contributed by atoms with Gasteiger partial charge in [0.25, 0.3) is 5.91 Å². The van der Waals surface area contributed by atoms with Gasteiger partial charge in [0, 0.05) is 9.50 Å². The van der Waals surface area contributed by atoms with Gasteiger partial charge in [0.1, 0.15) is 6.10 Å². The molecular weight excluding hydrogens is 311 g/mol. The van der Waals surface area contributed by atoms with E-state index in [2.05, 4.69) is 21.2 Å². The highest BCUT2D eigenvalue weighted by atomic mass is 79.9. The maximum absolute atomic E-state index is 11.7. The van der Waals surface area contributed by atoms with Crippen molar-refractivity contribution in [2.24, 2.45) is 5.73 Å². The summed E-state index contributed by atoms with van der Waals surface area (Å²) in [4.78, 5) is 22.2. The van der Waals surface area contributed by atoms with Crippen LogP contribution in [0.15, 0.2) is 22.7 Å². The maximum Gasteiger partial charge on any atom is 0.252 e. The number of hydrogen-bond donors (Lipinski definition) is 3. The van der Waals surface area contributed by atoms with Gasteiger partial charge in [-0.15, -0.1) is 0 Å². The van der Waals surface area contributed by atoms with E-state index < -0.39 is 17.9 Å². The molecule has 2 amide bonds. The number of aliphatic hydroxyl groups excluding tert-OH is 1. The first-order valence-corrected chi connectivity index (χ1v) is 5.79. The van der Waals surface area contributed by atoms with Crippen molar-refractivity contribution in [3.8, 4) is 0 Å². The number of rotatable bonds is 4. The molecule has 0 aromatic heterocycles. The van der Waals surface area contributed by atoms with Crippen LogP contribution in [0.5, 0.6) is 0 Å². The number of nitrogens with one attached hydrogen (secondary N) is 1. The first-order valence-electron chi connectivity index (χ1n) is 4.62. The Labute approximate surface area is 111 Å². The standard InChI is InChI=1S/C10H10BrClN2O3/c11-7-2-1-5(12)3-6(7)10(17)14-4-8(15)9(13)16/h1-3,8,15H,4H2,(H2,13,16)(H,14,17). The predicted molar refractivity (Wildman–Crippen MR) is 66.7 cm³/mol. The fraction of sp³-hybridized carbons (Fsp3) is 0.200. The second-order valence-electron chi connectivity index (χ2n) is 3.25. The topological polar surface area (TPSA) is 92.4 Å². The van der Waals surface area contributed by atoms with Crippen molar-refractivity contribution in [3.63, 3.8) is 0 Å². The third-order valence-electron chi connectivity index (χ3n) is 1.96. The number of carbonyl (C=O) groups is 2. The molecule has 1 rings (SSSR count). The van der Waals surface area contributed by atoms with E-state index in [0.29, 0.717) is 15.1 Å². The highest BCUT2D eigenvalue weighted by Gasteiger charge is 2.15. The summed E-state index contributed by atoms with van der Waals surface area (Å²) in [7, 11) is 0. The van der Waals surface area contributed by atoms with Crippen molar-refractivity contribution in [2.75, 3.05) is 6.54 Å². The minimum absolute atomic E-state index is 0.243. The molecule has 4 N–H and O–H groups in total. The Bertz CT molecular complexity index is 453. The molecule has 1 aromatic rings. The lowest BCUT2D eigenvalue weighted by molar-refractivity contribution is -0.125. The normalized spacial score (nSPS) is 11.9. The molecule has 17 heavy (non-hydrogen) atoms. The van der Waals surface area contributed by atoms with E-state index in [9.17, 15) is 9.59 Å². The quantitative estimate of drug-likeness (QED) is 0.761. The van der Waals surface area contributed by atoms with Crippen molar-refractivity contribution in [1.82, 2.24) is 5.32 Å². The van der Waals surface area contributed by atoms with Crippen molar-refractivity contribution in [3.05, 3.63) is 33.3 Å². The molecule has 0 spiro atoms. The van der Waals surface area contributed by atoms with Gasteiger partial charge in [0.05, 0.1) is 12.1 Å². The molecule has 0 aliphatic carbocycles. The van der Waals surface area contributed by atoms with Crippen molar-refractivity contribution < 1.29 is 14.7 Å². The molecule has 5 nitrogen and oxygen atoms in total. The molecule has 92 valence electrons. The van der Waals surface area contributed by atoms with Crippen LogP contribution in [0.25, 0.3) is 0 Å². The minimum Gasteiger partial charge on any atom is -0.381 e. The van der Waals surface area contributed by atoms with Gasteiger partial charge in [0.2, 0.25) is 5.91 Å². The van der Waals surface area contributed by atoms with Crippen LogP contribution in [-0.2, 0) is 4.79 Å². The summed E-state index contributed by atoms with van der Waals surface area (Å²) in [5, 5.41) is 11.9. The van der Waals surface area contributed by atoms with Crippen molar-refractivity contribution >= 4 is 39.3 Å². The second-order valence-corrected chi connectivity index (χ2v) is 4.54. The highest BCUT2D eigenvalue weighted by Crippen LogP contribution is 2.20. The lowest BCUT2D eigenvalue weighted by atomic mass is 10.2. The van der Waals surface area contributed by atoms with Crippen LogP contribution in [0.3, 0.4) is 0 Å². The molecule has 1 aromatic carbocycles. The molecule has 0 fully saturated rings. The van der Waals surface area contributed by atoms with E-state index in [-0.39, 0.29) is 6.54 Å². The summed E-state index contributed by atoms with van der Waals surface area (Å²) in [6.45, 7) is -0.243. The fourth-order valence-corrected chi connectivity index (χ4v) is 1.66. The van der Waals surface area contributed by atoms with Crippen LogP contribution >= 0.6 is 27.5 Å². The Hall–Kier alpha value is -1.11. The lowest BCUT2D eigenvalue weighted by Gasteiger charge is -2.09. The molecule has 0 bridgehead atoms. The van der Waals surface area contributed by atoms with E-state index in [0.717, 1.165) is 0 Å². The summed E-state index contributed by atoms with van der Waals surface area (Å²) in [6.07, 6.45) is -1.41. The first kappa shape index (κ1) is 14.0. The molecule has 1 unspecified atom stereocenters. The molecule has 7 heteroatoms. The van der Waals surface area contributed by atoms with Crippen molar-refractivity contribution in [1.29, 1.82) is 0 Å². The molecule has 0 aliphatic rings. The Morgan fingerprint density at radius 1 is 1.53 bits per heavy atom. The first-order chi connectivity index (χ1) is 7.91. The van der Waals surface area contributed by atoms with Gasteiger partial charge in [-0.25, -0.2) is 0 Å². The summed E-state index contributed by atoms with van der Waals surface area (Å²) in [6, 6.07) is 4.72. The molecular formula is C10H10BrClN2O3. The molecule has 0 heterocycles. The number of benzene rings is 1. The maximum atomic E-state index is 11.7. The van der Waals surface area contributed by atoms with Gasteiger partial charge in [-0.3, -0.25) is 9.59 Å². The van der Waals surface area contributed by atoms with Gasteiger partial charge in [0.15, 0.2) is 0 Å². The van der Waals surface area contributed by atoms with Gasteiger partial charge in [-0.2, -0.15) is 0 Å². The zero-order valence-electron chi connectivity index (χ0n) is 8.61. The number of aliphatic hydroxyl groups is 1. The van der Waals surface area contributed by atoms with Gasteiger partial charge in [-0.1, -0.05) is 11.6 Å². The summed E-state index contributed by atoms with van der Waals surface area (Å²) in [5.41, 5.74) is 5.16. The van der Waals surface area contributed by atoms with E-state index in [1.165, 1.54) is 6.07 Å². The Morgan fingerprint density at radius 3 is 2.76 bits per heavy atom. The van der Waals surface area contributed by atoms with Gasteiger partial charge < -0.3 is 16.2 Å². The van der Waals surface area contributed by atoms with Crippen LogP contribution in [0.4, 0.5) is 0 Å². The fourth-order valence-electron chi connectivity index (χ4n) is 1.06. The number of carbonyl (C=O) groups excluding carboxylic acids is 2. The molecule has 0 radical (unpaired) electrons. The average molecular weight is 322 g/mol. The van der Waals surface area contributed by atoms with Crippen molar-refractivity contribution in [2.45, 2.75) is 6.10 Å². The number of hydrogen-bond acceptors (Lipinski definition) is 3. The summed E-state index contributed by atoms with van der Waals surface area (Å²) in [5.74, 6) is -1.35. The Morgan fingerprint density at radius 2 is 2.18 bits per heavy atom. The van der Waals surface area contributed by atoms with E-state index in [1.807, 2.05) is 0 Å². The van der Waals surface area contributed by atoms with Crippen LogP contribution in [0, 0.1) is 0 Å². The second kappa shape index (κ2) is 6.00. The van der Waals surface area contributed by atoms with Crippen LogP contribution in [0.2, 0.25) is 5.02 Å². The largest absolute Gasteiger partial charge is 0.381 e. The number of primary amides is 1. The average Bonchev–Trinajstić information content (AvgIpc) is 2.28. The van der Waals surface area contributed by atoms with Gasteiger partial charge >= 0.3 is 0 Å².